The number of nitrogens with zero attached hydrogens (tertiary/aromatic N) is 3. The van der Waals surface area contributed by atoms with Crippen LogP contribution in [0.5, 0.6) is 0 Å². The SMILES string of the molecule is CN(CC1CCN(CCc2cccc(F)c2)CC1)C(=O)CCCN1CCCCC1=O. The number of carbonyl (C=O) groups is 2. The van der Waals surface area contributed by atoms with Gasteiger partial charge in [-0.2, -0.15) is 0 Å². The van der Waals surface area contributed by atoms with Crippen molar-refractivity contribution in [3.63, 3.8) is 0 Å². The molecule has 0 bridgehead atoms. The van der Waals surface area contributed by atoms with E-state index in [1.807, 2.05) is 22.9 Å². The van der Waals surface area contributed by atoms with Crippen molar-refractivity contribution in [3.05, 3.63) is 35.6 Å². The van der Waals surface area contributed by atoms with Crippen LogP contribution in [0.3, 0.4) is 0 Å². The lowest BCUT2D eigenvalue weighted by Gasteiger charge is -2.34. The molecule has 0 radical (unpaired) electrons. The standard InChI is InChI=1S/C24H36FN3O2/c1-26(23(29)9-5-14-28-13-3-2-8-24(28)30)19-21-11-16-27(17-12-21)15-10-20-6-4-7-22(25)18-20/h4,6-7,18,21H,2-3,5,8-17,19H2,1H3. The lowest BCUT2D eigenvalue weighted by Crippen LogP contribution is -2.40. The third-order valence-electron chi connectivity index (χ3n) is 6.51. The van der Waals surface area contributed by atoms with Gasteiger partial charge in [-0.05, 0) is 75.2 Å². The Kier molecular flexibility index (Phi) is 8.67. The molecule has 0 saturated carbocycles. The summed E-state index contributed by atoms with van der Waals surface area (Å²) in [6.45, 7) is 5.42. The molecule has 3 rings (SSSR count). The van der Waals surface area contributed by atoms with E-state index in [4.69, 9.17) is 0 Å². The predicted molar refractivity (Wildman–Crippen MR) is 117 cm³/mol. The predicted octanol–water partition coefficient (Wildman–Crippen LogP) is 3.33. The van der Waals surface area contributed by atoms with E-state index in [1.54, 1.807) is 12.1 Å². The van der Waals surface area contributed by atoms with E-state index in [2.05, 4.69) is 4.90 Å². The number of carbonyl (C=O) groups excluding carboxylic acids is 2. The zero-order valence-electron chi connectivity index (χ0n) is 18.3. The average molecular weight is 418 g/mol. The summed E-state index contributed by atoms with van der Waals surface area (Å²) in [7, 11) is 1.91. The minimum atomic E-state index is -0.165. The fraction of sp³-hybridized carbons (Fsp3) is 0.667. The van der Waals surface area contributed by atoms with Crippen LogP contribution in [0.15, 0.2) is 24.3 Å². The zero-order chi connectivity index (χ0) is 21.3. The van der Waals surface area contributed by atoms with Gasteiger partial charge in [-0.3, -0.25) is 9.59 Å². The Bertz CT molecular complexity index is 703. The molecule has 0 spiro atoms. The van der Waals surface area contributed by atoms with Crippen molar-refractivity contribution in [3.8, 4) is 0 Å². The van der Waals surface area contributed by atoms with Crippen LogP contribution in [0.25, 0.3) is 0 Å². The minimum Gasteiger partial charge on any atom is -0.345 e. The third kappa shape index (κ3) is 7.08. The molecule has 0 aliphatic carbocycles. The second kappa shape index (κ2) is 11.4. The highest BCUT2D eigenvalue weighted by Crippen LogP contribution is 2.19. The maximum atomic E-state index is 13.3. The number of likely N-dealkylation sites (tertiary alicyclic amines) is 2. The maximum Gasteiger partial charge on any atom is 0.222 e. The first-order valence-corrected chi connectivity index (χ1v) is 11.5. The first-order valence-electron chi connectivity index (χ1n) is 11.5. The molecule has 2 fully saturated rings. The van der Waals surface area contributed by atoms with Crippen molar-refractivity contribution in [2.24, 2.45) is 5.92 Å². The van der Waals surface area contributed by atoms with Crippen molar-refractivity contribution in [2.75, 3.05) is 46.3 Å². The molecule has 2 saturated heterocycles. The average Bonchev–Trinajstić information content (AvgIpc) is 2.74. The van der Waals surface area contributed by atoms with E-state index in [9.17, 15) is 14.0 Å². The summed E-state index contributed by atoms with van der Waals surface area (Å²) in [6.07, 6.45) is 7.10. The van der Waals surface area contributed by atoms with Crippen molar-refractivity contribution in [1.82, 2.24) is 14.7 Å². The van der Waals surface area contributed by atoms with Crippen LogP contribution in [0.4, 0.5) is 4.39 Å². The van der Waals surface area contributed by atoms with E-state index >= 15 is 0 Å². The Morgan fingerprint density at radius 3 is 2.70 bits per heavy atom. The highest BCUT2D eigenvalue weighted by atomic mass is 19.1. The normalized spacial score (nSPS) is 18.6. The second-order valence-electron chi connectivity index (χ2n) is 8.88. The van der Waals surface area contributed by atoms with Gasteiger partial charge in [0.2, 0.25) is 11.8 Å². The number of hydrogen-bond donors (Lipinski definition) is 0. The molecule has 1 aromatic carbocycles. The summed E-state index contributed by atoms with van der Waals surface area (Å²) in [5.74, 6) is 0.814. The molecule has 0 N–H and O–H groups in total. The smallest absolute Gasteiger partial charge is 0.222 e. The molecule has 30 heavy (non-hydrogen) atoms. The van der Waals surface area contributed by atoms with Crippen molar-refractivity contribution in [2.45, 2.75) is 51.4 Å². The molecule has 0 unspecified atom stereocenters. The molecule has 0 atom stereocenters. The Balaban J connectivity index is 1.30. The molecule has 6 heteroatoms. The summed E-state index contributed by atoms with van der Waals surface area (Å²) in [6, 6.07) is 6.86. The number of rotatable bonds is 9. The summed E-state index contributed by atoms with van der Waals surface area (Å²) >= 11 is 0. The van der Waals surface area contributed by atoms with Crippen molar-refractivity contribution in [1.29, 1.82) is 0 Å². The molecule has 5 nitrogen and oxygen atoms in total. The molecule has 0 aromatic heterocycles. The summed E-state index contributed by atoms with van der Waals surface area (Å²) in [4.78, 5) is 30.6. The quantitative estimate of drug-likeness (QED) is 0.619. The second-order valence-corrected chi connectivity index (χ2v) is 8.88. The highest BCUT2D eigenvalue weighted by molar-refractivity contribution is 5.77. The van der Waals surface area contributed by atoms with Gasteiger partial charge in [0.1, 0.15) is 5.82 Å². The Hall–Kier alpha value is -1.95. The number of hydrogen-bond acceptors (Lipinski definition) is 3. The van der Waals surface area contributed by atoms with E-state index in [0.717, 1.165) is 76.8 Å². The first-order chi connectivity index (χ1) is 14.5. The van der Waals surface area contributed by atoms with Crippen LogP contribution >= 0.6 is 0 Å². The van der Waals surface area contributed by atoms with Gasteiger partial charge in [0.15, 0.2) is 0 Å². The van der Waals surface area contributed by atoms with E-state index in [0.29, 0.717) is 25.3 Å². The van der Waals surface area contributed by atoms with Crippen LogP contribution in [0, 0.1) is 11.7 Å². The van der Waals surface area contributed by atoms with Gasteiger partial charge < -0.3 is 14.7 Å². The van der Waals surface area contributed by atoms with Crippen molar-refractivity contribution < 1.29 is 14.0 Å². The van der Waals surface area contributed by atoms with Gasteiger partial charge in [-0.15, -0.1) is 0 Å². The van der Waals surface area contributed by atoms with E-state index < -0.39 is 0 Å². The Morgan fingerprint density at radius 2 is 1.97 bits per heavy atom. The molecule has 166 valence electrons. The third-order valence-corrected chi connectivity index (χ3v) is 6.51. The zero-order valence-corrected chi connectivity index (χ0v) is 18.3. The number of benzene rings is 1. The van der Waals surface area contributed by atoms with Gasteiger partial charge in [0, 0.05) is 46.1 Å². The van der Waals surface area contributed by atoms with Crippen LogP contribution in [0.1, 0.15) is 50.5 Å². The molecular weight excluding hydrogens is 381 g/mol. The molecule has 1 aromatic rings. The summed E-state index contributed by atoms with van der Waals surface area (Å²) < 4.78 is 13.3. The highest BCUT2D eigenvalue weighted by Gasteiger charge is 2.22. The summed E-state index contributed by atoms with van der Waals surface area (Å²) in [5, 5.41) is 0. The molecule has 2 amide bonds. The first kappa shape index (κ1) is 22.7. The van der Waals surface area contributed by atoms with Crippen LogP contribution in [0.2, 0.25) is 0 Å². The molecule has 2 aliphatic heterocycles. The van der Waals surface area contributed by atoms with E-state index in [-0.39, 0.29) is 17.6 Å². The Morgan fingerprint density at radius 1 is 1.17 bits per heavy atom. The number of amides is 2. The topological polar surface area (TPSA) is 43.9 Å². The van der Waals surface area contributed by atoms with Crippen LogP contribution in [-0.4, -0.2) is 72.8 Å². The lowest BCUT2D eigenvalue weighted by atomic mass is 9.96. The van der Waals surface area contributed by atoms with E-state index in [1.165, 1.54) is 6.07 Å². The van der Waals surface area contributed by atoms with Crippen LogP contribution in [-0.2, 0) is 16.0 Å². The van der Waals surface area contributed by atoms with Gasteiger partial charge in [0.25, 0.3) is 0 Å². The number of halogens is 1. The fourth-order valence-electron chi connectivity index (χ4n) is 4.57. The van der Waals surface area contributed by atoms with Gasteiger partial charge in [-0.25, -0.2) is 4.39 Å². The van der Waals surface area contributed by atoms with Crippen LogP contribution < -0.4 is 0 Å². The van der Waals surface area contributed by atoms with Crippen molar-refractivity contribution >= 4 is 11.8 Å². The van der Waals surface area contributed by atoms with Gasteiger partial charge in [0.05, 0.1) is 0 Å². The maximum absolute atomic E-state index is 13.3. The minimum absolute atomic E-state index is 0.165. The fourth-order valence-corrected chi connectivity index (χ4v) is 4.57. The summed E-state index contributed by atoms with van der Waals surface area (Å²) in [5.41, 5.74) is 1.05. The Labute approximate surface area is 180 Å². The molecule has 2 heterocycles. The molecular formula is C24H36FN3O2. The molecule has 2 aliphatic rings. The van der Waals surface area contributed by atoms with Gasteiger partial charge in [-0.1, -0.05) is 12.1 Å². The largest absolute Gasteiger partial charge is 0.345 e. The lowest BCUT2D eigenvalue weighted by molar-refractivity contribution is -0.135. The number of piperidine rings is 2. The van der Waals surface area contributed by atoms with Gasteiger partial charge >= 0.3 is 0 Å². The monoisotopic (exact) mass is 417 g/mol.